The topological polar surface area (TPSA) is 46.0 Å². The van der Waals surface area contributed by atoms with Crippen LogP contribution in [0.5, 0.6) is 0 Å². The largest absolute Gasteiger partial charge is 0.366 e. The van der Waals surface area contributed by atoms with Gasteiger partial charge < -0.3 is 4.52 Å². The lowest BCUT2D eigenvalue weighted by atomic mass is 10.2. The van der Waals surface area contributed by atoms with Gasteiger partial charge in [0.15, 0.2) is 0 Å². The van der Waals surface area contributed by atoms with Gasteiger partial charge in [-0.15, -0.1) is 22.7 Å². The van der Waals surface area contributed by atoms with Gasteiger partial charge in [-0.1, -0.05) is 17.7 Å². The predicted octanol–water partition coefficient (Wildman–Crippen LogP) is 4.08. The molecule has 0 atom stereocenters. The summed E-state index contributed by atoms with van der Waals surface area (Å²) in [5, 5.41) is 4.59. The molecule has 6 heteroatoms. The summed E-state index contributed by atoms with van der Waals surface area (Å²) in [5.41, 5.74) is 0.903. The van der Waals surface area contributed by atoms with Crippen molar-refractivity contribution < 1.29 is 4.52 Å². The summed E-state index contributed by atoms with van der Waals surface area (Å²) >= 11 is 8.80. The molecule has 3 heterocycles. The van der Waals surface area contributed by atoms with E-state index in [1.54, 1.807) is 6.07 Å². The molecule has 0 saturated heterocycles. The Morgan fingerprint density at radius 1 is 1.24 bits per heavy atom. The summed E-state index contributed by atoms with van der Waals surface area (Å²) in [5.74, 6) is 0. The van der Waals surface area contributed by atoms with Crippen molar-refractivity contribution in [1.29, 1.82) is 0 Å². The molecule has 0 saturated carbocycles. The Morgan fingerprint density at radius 2 is 2.12 bits per heavy atom. The van der Waals surface area contributed by atoms with Crippen LogP contribution in [0, 0.1) is 0 Å². The van der Waals surface area contributed by atoms with Crippen LogP contribution in [0.25, 0.3) is 21.0 Å². The van der Waals surface area contributed by atoms with Crippen molar-refractivity contribution in [3.8, 4) is 21.0 Å². The van der Waals surface area contributed by atoms with Crippen LogP contribution < -0.4 is 5.63 Å². The molecule has 3 aromatic heterocycles. The highest BCUT2D eigenvalue weighted by atomic mass is 35.5. The zero-order valence-corrected chi connectivity index (χ0v) is 10.8. The van der Waals surface area contributed by atoms with Crippen molar-refractivity contribution in [1.82, 2.24) is 5.16 Å². The van der Waals surface area contributed by atoms with Crippen molar-refractivity contribution >= 4 is 34.3 Å². The van der Waals surface area contributed by atoms with Crippen LogP contribution in [-0.2, 0) is 0 Å². The number of hydrogen-bond donors (Lipinski definition) is 1. The highest BCUT2D eigenvalue weighted by molar-refractivity contribution is 7.19. The number of halogens is 1. The molecule has 0 bridgehead atoms. The van der Waals surface area contributed by atoms with Crippen molar-refractivity contribution in [3.05, 3.63) is 44.4 Å². The Balaban J connectivity index is 2.23. The summed E-state index contributed by atoms with van der Waals surface area (Å²) in [6.45, 7) is 0. The summed E-state index contributed by atoms with van der Waals surface area (Å²) in [4.78, 5) is 13.5. The molecule has 3 nitrogen and oxygen atoms in total. The number of aromatic amines is 1. The van der Waals surface area contributed by atoms with E-state index in [-0.39, 0.29) is 5.63 Å². The molecule has 0 aliphatic carbocycles. The van der Waals surface area contributed by atoms with Gasteiger partial charge in [0.05, 0.1) is 9.21 Å². The Bertz CT molecular complexity index is 693. The van der Waals surface area contributed by atoms with Gasteiger partial charge in [0, 0.05) is 4.88 Å². The van der Waals surface area contributed by atoms with E-state index in [9.17, 15) is 4.79 Å². The fraction of sp³-hybridized carbons (Fsp3) is 0. The van der Waals surface area contributed by atoms with Gasteiger partial charge in [-0.3, -0.25) is 0 Å². The lowest BCUT2D eigenvalue weighted by Gasteiger charge is -1.94. The number of rotatable bonds is 2. The molecule has 0 aromatic carbocycles. The smallest absolute Gasteiger partial charge is 0.338 e. The summed E-state index contributed by atoms with van der Waals surface area (Å²) in [7, 11) is 0. The second-order valence-corrected chi connectivity index (χ2v) is 5.99. The van der Waals surface area contributed by atoms with Crippen LogP contribution in [0.1, 0.15) is 0 Å². The lowest BCUT2D eigenvalue weighted by molar-refractivity contribution is 0.394. The third-order valence-electron chi connectivity index (χ3n) is 2.29. The van der Waals surface area contributed by atoms with Crippen LogP contribution in [-0.4, -0.2) is 5.16 Å². The minimum absolute atomic E-state index is 0.355. The molecule has 0 amide bonds. The van der Waals surface area contributed by atoms with Crippen LogP contribution in [0.15, 0.2) is 39.0 Å². The van der Waals surface area contributed by atoms with Crippen molar-refractivity contribution in [2.24, 2.45) is 0 Å². The first kappa shape index (κ1) is 10.8. The highest BCUT2D eigenvalue weighted by Crippen LogP contribution is 2.36. The molecular weight excluding hydrogens is 278 g/mol. The molecule has 0 fully saturated rings. The number of H-pyrrole nitrogens is 1. The van der Waals surface area contributed by atoms with E-state index in [2.05, 4.69) is 5.16 Å². The summed E-state index contributed by atoms with van der Waals surface area (Å²) in [6, 6.07) is 7.46. The first-order valence-electron chi connectivity index (χ1n) is 4.77. The first-order valence-corrected chi connectivity index (χ1v) is 6.84. The molecule has 3 aromatic rings. The number of nitrogens with one attached hydrogen (secondary N) is 1. The Kier molecular flexibility index (Phi) is 2.66. The summed E-state index contributed by atoms with van der Waals surface area (Å²) in [6.07, 6.45) is 0. The third kappa shape index (κ3) is 1.86. The van der Waals surface area contributed by atoms with Gasteiger partial charge in [-0.05, 0) is 23.6 Å². The molecule has 17 heavy (non-hydrogen) atoms. The molecule has 3 rings (SSSR count). The first-order chi connectivity index (χ1) is 8.25. The van der Waals surface area contributed by atoms with Crippen LogP contribution >= 0.6 is 34.3 Å². The molecule has 86 valence electrons. The third-order valence-corrected chi connectivity index (χ3v) is 4.42. The molecule has 0 unspecified atom stereocenters. The average molecular weight is 284 g/mol. The lowest BCUT2D eigenvalue weighted by Crippen LogP contribution is -1.94. The van der Waals surface area contributed by atoms with E-state index in [1.165, 1.54) is 22.7 Å². The van der Waals surface area contributed by atoms with Gasteiger partial charge in [0.1, 0.15) is 11.3 Å². The van der Waals surface area contributed by atoms with Gasteiger partial charge in [0.25, 0.3) is 0 Å². The average Bonchev–Trinajstić information content (AvgIpc) is 2.97. The van der Waals surface area contributed by atoms with E-state index in [0.29, 0.717) is 15.6 Å². The maximum atomic E-state index is 11.7. The SMILES string of the molecule is O=c1o[nH]c(-c2ccc(Cl)s2)c1-c1cccs1. The monoisotopic (exact) mass is 283 g/mol. The van der Waals surface area contributed by atoms with E-state index < -0.39 is 0 Å². The number of hydrogen-bond acceptors (Lipinski definition) is 4. The standard InChI is InChI=1S/C11H6ClNO2S2/c12-8-4-3-7(17-8)10-9(11(14)15-13-10)6-2-1-5-16-6/h1-5,13H. The minimum Gasteiger partial charge on any atom is -0.338 e. The maximum absolute atomic E-state index is 11.7. The number of aromatic nitrogens is 1. The van der Waals surface area contributed by atoms with Crippen molar-refractivity contribution in [3.63, 3.8) is 0 Å². The zero-order valence-electron chi connectivity index (χ0n) is 8.40. The molecule has 0 aliphatic rings. The fourth-order valence-corrected chi connectivity index (χ4v) is 3.37. The van der Waals surface area contributed by atoms with Crippen LogP contribution in [0.3, 0.4) is 0 Å². The maximum Gasteiger partial charge on any atom is 0.366 e. The van der Waals surface area contributed by atoms with Gasteiger partial charge in [-0.25, -0.2) is 9.95 Å². The Morgan fingerprint density at radius 3 is 2.76 bits per heavy atom. The van der Waals surface area contributed by atoms with Gasteiger partial charge in [-0.2, -0.15) is 0 Å². The Labute approximate surface area is 109 Å². The second kappa shape index (κ2) is 4.18. The van der Waals surface area contributed by atoms with E-state index in [1.807, 2.05) is 23.6 Å². The van der Waals surface area contributed by atoms with Gasteiger partial charge in [0.2, 0.25) is 0 Å². The Hall–Kier alpha value is -1.30. The number of thiophene rings is 2. The van der Waals surface area contributed by atoms with Crippen molar-refractivity contribution in [2.75, 3.05) is 0 Å². The molecule has 1 N–H and O–H groups in total. The molecule has 0 aliphatic heterocycles. The minimum atomic E-state index is -0.355. The molecule has 0 spiro atoms. The second-order valence-electron chi connectivity index (χ2n) is 3.32. The van der Waals surface area contributed by atoms with Crippen LogP contribution in [0.2, 0.25) is 4.34 Å². The fourth-order valence-electron chi connectivity index (χ4n) is 1.57. The normalized spacial score (nSPS) is 10.9. The highest BCUT2D eigenvalue weighted by Gasteiger charge is 2.17. The van der Waals surface area contributed by atoms with E-state index in [0.717, 1.165) is 9.75 Å². The quantitative estimate of drug-likeness (QED) is 0.770. The molecular formula is C11H6ClNO2S2. The van der Waals surface area contributed by atoms with E-state index in [4.69, 9.17) is 16.1 Å². The van der Waals surface area contributed by atoms with Gasteiger partial charge >= 0.3 is 5.63 Å². The van der Waals surface area contributed by atoms with E-state index >= 15 is 0 Å². The molecule has 0 radical (unpaired) electrons. The van der Waals surface area contributed by atoms with Crippen molar-refractivity contribution in [2.45, 2.75) is 0 Å². The van der Waals surface area contributed by atoms with Crippen LogP contribution in [0.4, 0.5) is 0 Å². The predicted molar refractivity (Wildman–Crippen MR) is 71.0 cm³/mol. The zero-order chi connectivity index (χ0) is 11.8. The summed E-state index contributed by atoms with van der Waals surface area (Å²) < 4.78 is 5.55.